The molecule has 17 heavy (non-hydrogen) atoms. The van der Waals surface area contributed by atoms with Gasteiger partial charge in [-0.05, 0) is 20.3 Å². The molecule has 0 rings (SSSR count). The maximum atomic E-state index is 12.0. The molecule has 1 N–H and O–H groups in total. The number of carbonyl (C=O) groups excluding carboxylic acids is 2. The number of esters is 1. The van der Waals surface area contributed by atoms with Crippen LogP contribution >= 0.6 is 0 Å². The fourth-order valence-corrected chi connectivity index (χ4v) is 0.895. The molecule has 0 bridgehead atoms. The minimum Gasteiger partial charge on any atom is -0.464 e. The lowest BCUT2D eigenvalue weighted by Gasteiger charge is -2.24. The van der Waals surface area contributed by atoms with E-state index < -0.39 is 23.6 Å². The highest BCUT2D eigenvalue weighted by molar-refractivity contribution is 5.89. The number of alkyl halides is 3. The molecule has 0 radical (unpaired) electrons. The molecule has 0 heterocycles. The molecule has 0 aliphatic carbocycles. The predicted molar refractivity (Wildman–Crippen MR) is 54.1 cm³/mol. The lowest BCUT2D eigenvalue weighted by Crippen LogP contribution is -2.54. The van der Waals surface area contributed by atoms with Crippen molar-refractivity contribution < 1.29 is 27.5 Å². The van der Waals surface area contributed by atoms with Gasteiger partial charge in [-0.2, -0.15) is 13.2 Å². The lowest BCUT2D eigenvalue weighted by molar-refractivity contribution is -0.177. The average Bonchev–Trinajstić information content (AvgIpc) is 2.15. The van der Waals surface area contributed by atoms with Crippen molar-refractivity contribution in [3.05, 3.63) is 0 Å². The van der Waals surface area contributed by atoms with E-state index in [1.165, 1.54) is 0 Å². The van der Waals surface area contributed by atoms with Gasteiger partial charge in [0, 0.05) is 0 Å². The van der Waals surface area contributed by atoms with E-state index in [0.29, 0.717) is 6.42 Å². The second-order valence-corrected chi connectivity index (χ2v) is 4.07. The molecule has 0 aromatic heterocycles. The van der Waals surface area contributed by atoms with Crippen LogP contribution in [0.1, 0.15) is 33.6 Å². The summed E-state index contributed by atoms with van der Waals surface area (Å²) < 4.78 is 40.7. The molecule has 7 heteroatoms. The quantitative estimate of drug-likeness (QED) is 0.602. The third kappa shape index (κ3) is 5.55. The van der Waals surface area contributed by atoms with Crippen molar-refractivity contribution in [3.8, 4) is 0 Å². The van der Waals surface area contributed by atoms with Gasteiger partial charge in [0.1, 0.15) is 5.54 Å². The van der Waals surface area contributed by atoms with Crippen LogP contribution in [-0.4, -0.2) is 30.2 Å². The third-order valence-electron chi connectivity index (χ3n) is 1.92. The summed E-state index contributed by atoms with van der Waals surface area (Å²) in [6.45, 7) is 4.32. The topological polar surface area (TPSA) is 55.4 Å². The van der Waals surface area contributed by atoms with E-state index in [9.17, 15) is 22.8 Å². The van der Waals surface area contributed by atoms with Gasteiger partial charge in [0.05, 0.1) is 6.61 Å². The molecule has 1 amide bonds. The highest BCUT2D eigenvalue weighted by atomic mass is 19.4. The zero-order valence-electron chi connectivity index (χ0n) is 9.98. The van der Waals surface area contributed by atoms with Gasteiger partial charge < -0.3 is 10.1 Å². The van der Waals surface area contributed by atoms with Crippen molar-refractivity contribution in [1.82, 2.24) is 5.32 Å². The Balaban J connectivity index is 4.36. The highest BCUT2D eigenvalue weighted by Gasteiger charge is 2.43. The maximum absolute atomic E-state index is 12.0. The molecule has 0 aromatic carbocycles. The van der Waals surface area contributed by atoms with Crippen molar-refractivity contribution in [2.75, 3.05) is 6.61 Å². The van der Waals surface area contributed by atoms with Crippen molar-refractivity contribution in [3.63, 3.8) is 0 Å². The Labute approximate surface area is 97.5 Å². The summed E-state index contributed by atoms with van der Waals surface area (Å²) in [5, 5.41) is 1.58. The monoisotopic (exact) mass is 255 g/mol. The third-order valence-corrected chi connectivity index (χ3v) is 1.92. The first-order valence-electron chi connectivity index (χ1n) is 5.18. The van der Waals surface area contributed by atoms with Crippen LogP contribution in [0.5, 0.6) is 0 Å². The molecule has 0 aliphatic rings. The number of halogens is 3. The summed E-state index contributed by atoms with van der Waals surface area (Å²) >= 11 is 0. The Bertz CT molecular complexity index is 287. The molecule has 0 fully saturated rings. The van der Waals surface area contributed by atoms with Gasteiger partial charge in [-0.3, -0.25) is 4.79 Å². The fraction of sp³-hybridized carbons (Fsp3) is 0.800. The second-order valence-electron chi connectivity index (χ2n) is 4.07. The highest BCUT2D eigenvalue weighted by Crippen LogP contribution is 2.17. The number of carbonyl (C=O) groups is 2. The number of hydrogen-bond acceptors (Lipinski definition) is 3. The predicted octanol–water partition coefficient (Wildman–Crippen LogP) is 1.79. The smallest absolute Gasteiger partial charge is 0.464 e. The lowest BCUT2D eigenvalue weighted by atomic mass is 10.1. The van der Waals surface area contributed by atoms with Crippen LogP contribution in [0.25, 0.3) is 0 Å². The van der Waals surface area contributed by atoms with E-state index in [0.717, 1.165) is 20.3 Å². The van der Waals surface area contributed by atoms with Gasteiger partial charge in [-0.25, -0.2) is 4.79 Å². The minimum absolute atomic E-state index is 0.126. The van der Waals surface area contributed by atoms with Crippen LogP contribution in [-0.2, 0) is 14.3 Å². The van der Waals surface area contributed by atoms with Gasteiger partial charge in [0.15, 0.2) is 0 Å². The van der Waals surface area contributed by atoms with E-state index in [4.69, 9.17) is 4.74 Å². The Morgan fingerprint density at radius 1 is 1.24 bits per heavy atom. The molecule has 0 saturated carbocycles. The molecule has 0 aliphatic heterocycles. The zero-order valence-corrected chi connectivity index (χ0v) is 9.98. The number of ether oxygens (including phenoxy) is 1. The first kappa shape index (κ1) is 15.7. The standard InChI is InChI=1S/C10H16F3NO3/c1-4-5-6-17-8(16)9(2,3)14-7(15)10(11,12)13/h4-6H2,1-3H3,(H,14,15). The summed E-state index contributed by atoms with van der Waals surface area (Å²) in [5.74, 6) is -3.04. The number of unbranched alkanes of at least 4 members (excludes halogenated alkanes) is 1. The maximum Gasteiger partial charge on any atom is 0.471 e. The van der Waals surface area contributed by atoms with Crippen LogP contribution in [0.4, 0.5) is 13.2 Å². The second kappa shape index (κ2) is 5.88. The van der Waals surface area contributed by atoms with Gasteiger partial charge in [0.2, 0.25) is 0 Å². The first-order valence-corrected chi connectivity index (χ1v) is 5.18. The molecule has 0 aromatic rings. The molecule has 0 unspecified atom stereocenters. The fourth-order valence-electron chi connectivity index (χ4n) is 0.895. The Hall–Kier alpha value is -1.27. The van der Waals surface area contributed by atoms with Crippen molar-refractivity contribution >= 4 is 11.9 Å². The molecular formula is C10H16F3NO3. The van der Waals surface area contributed by atoms with E-state index >= 15 is 0 Å². The summed E-state index contributed by atoms with van der Waals surface area (Å²) in [6, 6.07) is 0. The van der Waals surface area contributed by atoms with Crippen molar-refractivity contribution in [2.24, 2.45) is 0 Å². The Morgan fingerprint density at radius 3 is 2.18 bits per heavy atom. The number of nitrogens with one attached hydrogen (secondary N) is 1. The van der Waals surface area contributed by atoms with Gasteiger partial charge in [-0.1, -0.05) is 13.3 Å². The largest absolute Gasteiger partial charge is 0.471 e. The van der Waals surface area contributed by atoms with Gasteiger partial charge in [0.25, 0.3) is 0 Å². The minimum atomic E-state index is -5.01. The van der Waals surface area contributed by atoms with Crippen molar-refractivity contribution in [1.29, 1.82) is 0 Å². The van der Waals surface area contributed by atoms with Gasteiger partial charge >= 0.3 is 18.1 Å². The van der Waals surface area contributed by atoms with E-state index in [1.807, 2.05) is 6.92 Å². The number of amides is 1. The Morgan fingerprint density at radius 2 is 1.76 bits per heavy atom. The SMILES string of the molecule is CCCCOC(=O)C(C)(C)NC(=O)C(F)(F)F. The average molecular weight is 255 g/mol. The molecule has 4 nitrogen and oxygen atoms in total. The van der Waals surface area contributed by atoms with E-state index in [1.54, 1.807) is 5.32 Å². The van der Waals surface area contributed by atoms with E-state index in [-0.39, 0.29) is 6.61 Å². The zero-order chi connectivity index (χ0) is 13.7. The Kier molecular flexibility index (Phi) is 5.44. The van der Waals surface area contributed by atoms with Crippen LogP contribution in [0.2, 0.25) is 0 Å². The summed E-state index contributed by atoms with van der Waals surface area (Å²) in [6.07, 6.45) is -3.60. The van der Waals surface area contributed by atoms with Crippen LogP contribution < -0.4 is 5.32 Å². The normalized spacial score (nSPS) is 12.1. The van der Waals surface area contributed by atoms with Crippen LogP contribution in [0.3, 0.4) is 0 Å². The van der Waals surface area contributed by atoms with E-state index in [2.05, 4.69) is 0 Å². The summed E-state index contributed by atoms with van der Waals surface area (Å²) in [5.41, 5.74) is -1.69. The van der Waals surface area contributed by atoms with Crippen molar-refractivity contribution in [2.45, 2.75) is 45.3 Å². The molecule has 0 saturated heterocycles. The number of hydrogen-bond donors (Lipinski definition) is 1. The molecular weight excluding hydrogens is 239 g/mol. The van der Waals surface area contributed by atoms with Crippen LogP contribution in [0.15, 0.2) is 0 Å². The number of rotatable bonds is 5. The molecule has 0 spiro atoms. The summed E-state index contributed by atoms with van der Waals surface area (Å²) in [7, 11) is 0. The molecule has 0 atom stereocenters. The summed E-state index contributed by atoms with van der Waals surface area (Å²) in [4.78, 5) is 22.1. The first-order chi connectivity index (χ1) is 7.61. The van der Waals surface area contributed by atoms with Gasteiger partial charge in [-0.15, -0.1) is 0 Å². The van der Waals surface area contributed by atoms with Crippen LogP contribution in [0, 0.1) is 0 Å². The molecule has 100 valence electrons.